The zero-order valence-electron chi connectivity index (χ0n) is 19.8. The molecule has 1 amide bonds. The van der Waals surface area contributed by atoms with E-state index in [4.69, 9.17) is 0 Å². The van der Waals surface area contributed by atoms with Crippen LogP contribution in [0, 0.1) is 0 Å². The first-order valence-corrected chi connectivity index (χ1v) is 13.1. The molecule has 0 aliphatic carbocycles. The molecule has 0 radical (unpaired) electrons. The van der Waals surface area contributed by atoms with Crippen LogP contribution in [0.15, 0.2) is 55.0 Å². The van der Waals surface area contributed by atoms with E-state index in [0.717, 1.165) is 38.4 Å². The average molecular weight is 508 g/mol. The first kappa shape index (κ1) is 23.7. The summed E-state index contributed by atoms with van der Waals surface area (Å²) in [6.45, 7) is 0.544. The Bertz CT molecular complexity index is 1570. The van der Waals surface area contributed by atoms with Crippen molar-refractivity contribution in [2.45, 2.75) is 13.0 Å². The Morgan fingerprint density at radius 1 is 1.19 bits per heavy atom. The third-order valence-corrected chi connectivity index (χ3v) is 7.27. The number of fused-ring (bicyclic) bond motifs is 2. The highest BCUT2D eigenvalue weighted by atomic mass is 32.2. The lowest BCUT2D eigenvalue weighted by Crippen LogP contribution is -2.29. The molecule has 5 rings (SSSR count). The van der Waals surface area contributed by atoms with Crippen LogP contribution in [0.2, 0.25) is 0 Å². The van der Waals surface area contributed by atoms with Crippen LogP contribution in [0.25, 0.3) is 11.0 Å². The normalized spacial score (nSPS) is 13.3. The molecule has 0 fully saturated rings. The number of nitrogens with one attached hydrogen (secondary N) is 1. The highest BCUT2D eigenvalue weighted by molar-refractivity contribution is 7.92. The fourth-order valence-corrected chi connectivity index (χ4v) is 4.75. The zero-order chi connectivity index (χ0) is 25.4. The van der Waals surface area contributed by atoms with Gasteiger partial charge in [0.25, 0.3) is 0 Å². The van der Waals surface area contributed by atoms with Crippen LogP contribution >= 0.6 is 0 Å². The van der Waals surface area contributed by atoms with Gasteiger partial charge in [-0.25, -0.2) is 18.4 Å². The maximum absolute atomic E-state index is 12.2. The number of aromatic nitrogens is 4. The summed E-state index contributed by atoms with van der Waals surface area (Å²) in [5, 5.41) is 13.3. The largest absolute Gasteiger partial charge is 0.395 e. The summed E-state index contributed by atoms with van der Waals surface area (Å²) in [5.74, 6) is 0.707. The molecule has 2 N–H and O–H groups in total. The number of amides is 1. The van der Waals surface area contributed by atoms with Crippen molar-refractivity contribution in [3.05, 3.63) is 66.1 Å². The van der Waals surface area contributed by atoms with E-state index in [1.54, 1.807) is 23.4 Å². The quantitative estimate of drug-likeness (QED) is 0.369. The standard InChI is InChI=1S/C24H25N7O4S/c1-29(36(2,34)35)22-17(4-3-8-25-22)15-30-9-7-16-14-26-24(28-23(16)30)27-19-5-6-20-18(12-19)13-21(33)31(20)10-11-32/h3-9,12,14,32H,10-11,13,15H2,1-2H3,(H,26,27,28). The van der Waals surface area contributed by atoms with E-state index in [2.05, 4.69) is 20.3 Å². The Morgan fingerprint density at radius 2 is 2.03 bits per heavy atom. The van der Waals surface area contributed by atoms with Crippen LogP contribution in [0.1, 0.15) is 11.1 Å². The first-order valence-electron chi connectivity index (χ1n) is 11.3. The van der Waals surface area contributed by atoms with Crippen molar-refractivity contribution in [3.63, 3.8) is 0 Å². The molecular weight excluding hydrogens is 482 g/mol. The summed E-state index contributed by atoms with van der Waals surface area (Å²) in [6.07, 6.45) is 6.57. The molecule has 0 atom stereocenters. The number of carbonyl (C=O) groups is 1. The molecule has 36 heavy (non-hydrogen) atoms. The molecule has 0 spiro atoms. The third kappa shape index (κ3) is 4.48. The van der Waals surface area contributed by atoms with Crippen molar-refractivity contribution in [2.75, 3.05) is 41.0 Å². The van der Waals surface area contributed by atoms with Gasteiger partial charge in [0, 0.05) is 54.5 Å². The molecule has 1 aromatic carbocycles. The molecule has 1 aliphatic rings. The monoisotopic (exact) mass is 507 g/mol. The molecule has 4 aromatic rings. The van der Waals surface area contributed by atoms with E-state index in [9.17, 15) is 18.3 Å². The van der Waals surface area contributed by atoms with Crippen LogP contribution in [0.4, 0.5) is 23.1 Å². The zero-order valence-corrected chi connectivity index (χ0v) is 20.6. The fraction of sp³-hybridized carbons (Fsp3) is 0.250. The second-order valence-electron chi connectivity index (χ2n) is 8.55. The van der Waals surface area contributed by atoms with Gasteiger partial charge >= 0.3 is 0 Å². The number of nitrogens with zero attached hydrogens (tertiary/aromatic N) is 6. The molecule has 0 saturated heterocycles. The van der Waals surface area contributed by atoms with Crippen molar-refractivity contribution in [2.24, 2.45) is 0 Å². The number of rotatable bonds is 8. The minimum absolute atomic E-state index is 0.0389. The van der Waals surface area contributed by atoms with Gasteiger partial charge in [-0.05, 0) is 35.9 Å². The summed E-state index contributed by atoms with van der Waals surface area (Å²) in [6, 6.07) is 11.1. The molecule has 11 nitrogen and oxygen atoms in total. The Morgan fingerprint density at radius 3 is 2.81 bits per heavy atom. The van der Waals surface area contributed by atoms with Gasteiger partial charge in [-0.1, -0.05) is 6.07 Å². The SMILES string of the molecule is CN(c1ncccc1Cn1ccc2cnc(Nc3ccc4c(c3)CC(=O)N4CCO)nc21)S(C)(=O)=O. The van der Waals surface area contributed by atoms with E-state index in [1.165, 1.54) is 7.05 Å². The van der Waals surface area contributed by atoms with Crippen molar-refractivity contribution in [1.29, 1.82) is 0 Å². The van der Waals surface area contributed by atoms with Crippen molar-refractivity contribution in [3.8, 4) is 0 Å². The minimum Gasteiger partial charge on any atom is -0.395 e. The number of sulfonamides is 1. The predicted molar refractivity (Wildman–Crippen MR) is 137 cm³/mol. The van der Waals surface area contributed by atoms with Crippen molar-refractivity contribution < 1.29 is 18.3 Å². The van der Waals surface area contributed by atoms with Gasteiger partial charge in [-0.2, -0.15) is 4.98 Å². The van der Waals surface area contributed by atoms with Gasteiger partial charge in [0.2, 0.25) is 21.9 Å². The molecule has 1 aliphatic heterocycles. The number of aliphatic hydroxyl groups is 1. The van der Waals surface area contributed by atoms with Crippen LogP contribution in [0.3, 0.4) is 0 Å². The van der Waals surface area contributed by atoms with Gasteiger partial charge in [0.05, 0.1) is 25.8 Å². The molecule has 186 valence electrons. The van der Waals surface area contributed by atoms with Gasteiger partial charge in [0.1, 0.15) is 11.5 Å². The minimum atomic E-state index is -3.47. The Balaban J connectivity index is 1.42. The summed E-state index contributed by atoms with van der Waals surface area (Å²) in [7, 11) is -1.99. The van der Waals surface area contributed by atoms with Crippen molar-refractivity contribution in [1.82, 2.24) is 19.5 Å². The first-order chi connectivity index (χ1) is 17.2. The highest BCUT2D eigenvalue weighted by Gasteiger charge is 2.27. The van der Waals surface area contributed by atoms with E-state index in [1.807, 2.05) is 41.1 Å². The highest BCUT2D eigenvalue weighted by Crippen LogP contribution is 2.32. The number of benzene rings is 1. The number of aliphatic hydroxyl groups excluding tert-OH is 1. The molecule has 3 aromatic heterocycles. The predicted octanol–water partition coefficient (Wildman–Crippen LogP) is 1.90. The Labute approximate surface area is 208 Å². The second kappa shape index (κ2) is 9.21. The van der Waals surface area contributed by atoms with Crippen LogP contribution in [0.5, 0.6) is 0 Å². The van der Waals surface area contributed by atoms with Crippen molar-refractivity contribution >= 4 is 50.1 Å². The number of anilines is 4. The number of hydrogen-bond acceptors (Lipinski definition) is 8. The van der Waals surface area contributed by atoms with E-state index < -0.39 is 10.0 Å². The molecule has 0 bridgehead atoms. The van der Waals surface area contributed by atoms with E-state index >= 15 is 0 Å². The van der Waals surface area contributed by atoms with Crippen LogP contribution < -0.4 is 14.5 Å². The van der Waals surface area contributed by atoms with Gasteiger partial charge < -0.3 is 19.9 Å². The maximum Gasteiger partial charge on any atom is 0.233 e. The molecule has 0 unspecified atom stereocenters. The summed E-state index contributed by atoms with van der Waals surface area (Å²) >= 11 is 0. The lowest BCUT2D eigenvalue weighted by atomic mass is 10.1. The molecular formula is C24H25N7O4S. The molecule has 12 heteroatoms. The molecule has 4 heterocycles. The van der Waals surface area contributed by atoms with Crippen LogP contribution in [-0.2, 0) is 27.8 Å². The van der Waals surface area contributed by atoms with Crippen LogP contribution in [-0.4, -0.2) is 65.4 Å². The Kier molecular flexibility index (Phi) is 6.06. The number of hydrogen-bond donors (Lipinski definition) is 2. The number of β-amino-alcohol motifs (C(OH)–C–C–N with tert-alkyl or cyclic N) is 1. The van der Waals surface area contributed by atoms with Gasteiger partial charge in [0.15, 0.2) is 0 Å². The Hall–Kier alpha value is -4.03. The lowest BCUT2D eigenvalue weighted by Gasteiger charge is -2.19. The topological polar surface area (TPSA) is 134 Å². The number of carbonyl (C=O) groups excluding carboxylic acids is 1. The third-order valence-electron chi connectivity index (χ3n) is 6.10. The molecule has 0 saturated carbocycles. The lowest BCUT2D eigenvalue weighted by molar-refractivity contribution is -0.117. The van der Waals surface area contributed by atoms with Gasteiger partial charge in [-0.15, -0.1) is 0 Å². The van der Waals surface area contributed by atoms with E-state index in [0.29, 0.717) is 24.0 Å². The smallest absolute Gasteiger partial charge is 0.233 e. The number of pyridine rings is 1. The summed E-state index contributed by atoms with van der Waals surface area (Å²) in [5.41, 5.74) is 3.83. The summed E-state index contributed by atoms with van der Waals surface area (Å²) in [4.78, 5) is 27.2. The second-order valence-corrected chi connectivity index (χ2v) is 10.6. The van der Waals surface area contributed by atoms with E-state index in [-0.39, 0.29) is 25.5 Å². The van der Waals surface area contributed by atoms with Gasteiger partial charge in [-0.3, -0.25) is 9.10 Å². The average Bonchev–Trinajstić information content (AvgIpc) is 3.38. The maximum atomic E-state index is 12.2. The summed E-state index contributed by atoms with van der Waals surface area (Å²) < 4.78 is 27.2. The fourth-order valence-electron chi connectivity index (χ4n) is 4.27.